The number of rotatable bonds is 4. The van der Waals surface area contributed by atoms with Gasteiger partial charge >= 0.3 is 0 Å². The van der Waals surface area contributed by atoms with Crippen molar-refractivity contribution in [1.29, 1.82) is 0 Å². The third kappa shape index (κ3) is 3.13. The zero-order valence-electron chi connectivity index (χ0n) is 12.0. The van der Waals surface area contributed by atoms with Crippen LogP contribution in [0.25, 0.3) is 0 Å². The van der Waals surface area contributed by atoms with Crippen molar-refractivity contribution in [3.8, 4) is 0 Å². The number of halogens is 1. The lowest BCUT2D eigenvalue weighted by atomic mass is 10.1. The van der Waals surface area contributed by atoms with Crippen molar-refractivity contribution >= 4 is 35.0 Å². The first-order valence-electron chi connectivity index (χ1n) is 6.42. The number of hydrogen-bond acceptors (Lipinski definition) is 3. The predicted octanol–water partition coefficient (Wildman–Crippen LogP) is 3.56. The molecule has 0 spiro atoms. The van der Waals surface area contributed by atoms with Crippen LogP contribution in [-0.4, -0.2) is 37.2 Å². The molecule has 1 aromatic carbocycles. The Kier molecular flexibility index (Phi) is 4.66. The summed E-state index contributed by atoms with van der Waals surface area (Å²) in [6.45, 7) is 6.42. The molecule has 1 aliphatic heterocycles. The number of benzene rings is 1. The van der Waals surface area contributed by atoms with Gasteiger partial charge in [-0.15, -0.1) is 11.8 Å². The Labute approximate surface area is 129 Å². The van der Waals surface area contributed by atoms with E-state index in [4.69, 9.17) is 11.6 Å². The molecule has 0 N–H and O–H groups in total. The highest BCUT2D eigenvalue weighted by Crippen LogP contribution is 2.42. The first kappa shape index (κ1) is 15.3. The highest BCUT2D eigenvalue weighted by molar-refractivity contribution is 8.00. The van der Waals surface area contributed by atoms with Crippen LogP contribution < -0.4 is 4.90 Å². The molecule has 1 atom stereocenters. The van der Waals surface area contributed by atoms with Crippen LogP contribution in [0, 0.1) is 0 Å². The summed E-state index contributed by atoms with van der Waals surface area (Å²) < 4.78 is 0. The zero-order valence-corrected chi connectivity index (χ0v) is 13.6. The number of nitrogens with zero attached hydrogens (tertiary/aromatic N) is 2. The summed E-state index contributed by atoms with van der Waals surface area (Å²) >= 11 is 8.02. The van der Waals surface area contributed by atoms with E-state index < -0.39 is 0 Å². The van der Waals surface area contributed by atoms with Crippen LogP contribution in [0.15, 0.2) is 30.4 Å². The maximum atomic E-state index is 12.0. The molecule has 1 aromatic rings. The average molecular weight is 311 g/mol. The molecule has 3 nitrogen and oxygen atoms in total. The van der Waals surface area contributed by atoms with Crippen molar-refractivity contribution in [1.82, 2.24) is 4.90 Å². The molecule has 20 heavy (non-hydrogen) atoms. The molecule has 5 heteroatoms. The van der Waals surface area contributed by atoms with Gasteiger partial charge in [0.15, 0.2) is 0 Å². The minimum atomic E-state index is -0.0112. The Bertz CT molecular complexity index is 545. The summed E-state index contributed by atoms with van der Waals surface area (Å²) in [7, 11) is 3.96. The number of amides is 1. The van der Waals surface area contributed by atoms with E-state index in [0.29, 0.717) is 17.3 Å². The molecule has 2 rings (SSSR count). The van der Waals surface area contributed by atoms with Gasteiger partial charge in [-0.2, -0.15) is 0 Å². The van der Waals surface area contributed by atoms with E-state index in [0.717, 1.165) is 16.8 Å². The van der Waals surface area contributed by atoms with E-state index in [1.165, 1.54) is 0 Å². The highest BCUT2D eigenvalue weighted by atomic mass is 35.5. The van der Waals surface area contributed by atoms with E-state index in [9.17, 15) is 4.79 Å². The van der Waals surface area contributed by atoms with Crippen LogP contribution >= 0.6 is 23.4 Å². The maximum absolute atomic E-state index is 12.0. The number of hydrogen-bond donors (Lipinski definition) is 0. The van der Waals surface area contributed by atoms with Gasteiger partial charge in [0.05, 0.1) is 5.75 Å². The maximum Gasteiger partial charge on any atom is 0.234 e. The van der Waals surface area contributed by atoms with Crippen LogP contribution in [0.5, 0.6) is 0 Å². The quantitative estimate of drug-likeness (QED) is 0.795. The molecule has 1 saturated heterocycles. The number of carbonyl (C=O) groups is 1. The van der Waals surface area contributed by atoms with Crippen molar-refractivity contribution < 1.29 is 4.79 Å². The van der Waals surface area contributed by atoms with Gasteiger partial charge in [-0.3, -0.25) is 4.79 Å². The Morgan fingerprint density at radius 3 is 2.80 bits per heavy atom. The lowest BCUT2D eigenvalue weighted by molar-refractivity contribution is -0.127. The fourth-order valence-corrected chi connectivity index (χ4v) is 3.73. The normalized spacial score (nSPS) is 18.5. The molecule has 1 aliphatic rings. The third-order valence-electron chi connectivity index (χ3n) is 3.17. The van der Waals surface area contributed by atoms with Crippen LogP contribution in [0.2, 0.25) is 5.02 Å². The second-order valence-corrected chi connectivity index (χ2v) is 6.72. The molecule has 0 aliphatic carbocycles. The van der Waals surface area contributed by atoms with Gasteiger partial charge in [0.25, 0.3) is 0 Å². The predicted molar refractivity (Wildman–Crippen MR) is 87.5 cm³/mol. The standard InChI is InChI=1S/C15H19ClN2OS/c1-10(2)8-18-14(19)9-20-15(18)12-6-5-11(17(3)4)7-13(12)16/h5-7,15H,1,8-9H2,2-4H3. The van der Waals surface area contributed by atoms with Gasteiger partial charge in [0, 0.05) is 36.9 Å². The molecule has 0 aromatic heterocycles. The molecular formula is C15H19ClN2OS. The molecule has 108 valence electrons. The van der Waals surface area contributed by atoms with Gasteiger partial charge in [-0.25, -0.2) is 0 Å². The Balaban J connectivity index is 2.30. The molecule has 1 amide bonds. The van der Waals surface area contributed by atoms with Gasteiger partial charge in [-0.05, 0) is 19.1 Å². The van der Waals surface area contributed by atoms with Crippen LogP contribution in [-0.2, 0) is 4.79 Å². The lowest BCUT2D eigenvalue weighted by Gasteiger charge is -2.25. The Morgan fingerprint density at radius 2 is 2.25 bits per heavy atom. The number of carbonyl (C=O) groups excluding carboxylic acids is 1. The van der Waals surface area contributed by atoms with Crippen molar-refractivity contribution in [2.24, 2.45) is 0 Å². The number of thioether (sulfide) groups is 1. The molecule has 1 heterocycles. The average Bonchev–Trinajstić information content (AvgIpc) is 2.70. The third-order valence-corrected chi connectivity index (χ3v) is 4.74. The second kappa shape index (κ2) is 6.10. The van der Waals surface area contributed by atoms with Crippen molar-refractivity contribution in [2.75, 3.05) is 31.3 Å². The van der Waals surface area contributed by atoms with E-state index in [1.807, 2.05) is 49.0 Å². The summed E-state index contributed by atoms with van der Waals surface area (Å²) in [5.41, 5.74) is 3.03. The fourth-order valence-electron chi connectivity index (χ4n) is 2.17. The molecule has 0 radical (unpaired) electrons. The van der Waals surface area contributed by atoms with Crippen LogP contribution in [0.1, 0.15) is 17.9 Å². The SMILES string of the molecule is C=C(C)CN1C(=O)CSC1c1ccc(N(C)C)cc1Cl. The van der Waals surface area contributed by atoms with E-state index in [-0.39, 0.29) is 11.3 Å². The van der Waals surface area contributed by atoms with E-state index in [2.05, 4.69) is 6.58 Å². The molecule has 1 unspecified atom stereocenters. The number of anilines is 1. The molecule has 0 bridgehead atoms. The summed E-state index contributed by atoms with van der Waals surface area (Å²) in [5, 5.41) is 0.693. The summed E-state index contributed by atoms with van der Waals surface area (Å²) in [6.07, 6.45) is 0. The minimum Gasteiger partial charge on any atom is -0.378 e. The monoisotopic (exact) mass is 310 g/mol. The second-order valence-electron chi connectivity index (χ2n) is 5.24. The molecule has 1 fully saturated rings. The van der Waals surface area contributed by atoms with Gasteiger partial charge in [0.1, 0.15) is 5.37 Å². The van der Waals surface area contributed by atoms with Crippen molar-refractivity contribution in [2.45, 2.75) is 12.3 Å². The largest absolute Gasteiger partial charge is 0.378 e. The van der Waals surface area contributed by atoms with Crippen LogP contribution in [0.3, 0.4) is 0 Å². The van der Waals surface area contributed by atoms with Gasteiger partial charge in [-0.1, -0.05) is 29.8 Å². The smallest absolute Gasteiger partial charge is 0.234 e. The minimum absolute atomic E-state index is 0.0112. The fraction of sp³-hybridized carbons (Fsp3) is 0.400. The van der Waals surface area contributed by atoms with E-state index in [1.54, 1.807) is 11.8 Å². The first-order chi connectivity index (χ1) is 9.40. The first-order valence-corrected chi connectivity index (χ1v) is 7.85. The summed E-state index contributed by atoms with van der Waals surface area (Å²) in [6, 6.07) is 5.99. The van der Waals surface area contributed by atoms with Gasteiger partial charge < -0.3 is 9.80 Å². The summed E-state index contributed by atoms with van der Waals surface area (Å²) in [5.74, 6) is 0.653. The van der Waals surface area contributed by atoms with Crippen molar-refractivity contribution in [3.05, 3.63) is 40.9 Å². The molecule has 0 saturated carbocycles. The van der Waals surface area contributed by atoms with Gasteiger partial charge in [0.2, 0.25) is 5.91 Å². The van der Waals surface area contributed by atoms with Crippen LogP contribution in [0.4, 0.5) is 5.69 Å². The molecular weight excluding hydrogens is 292 g/mol. The summed E-state index contributed by atoms with van der Waals surface area (Å²) in [4.78, 5) is 15.9. The van der Waals surface area contributed by atoms with Crippen molar-refractivity contribution in [3.63, 3.8) is 0 Å². The zero-order chi connectivity index (χ0) is 14.9. The van der Waals surface area contributed by atoms with E-state index >= 15 is 0 Å². The Hall–Kier alpha value is -1.13. The lowest BCUT2D eigenvalue weighted by Crippen LogP contribution is -2.29. The highest BCUT2D eigenvalue weighted by Gasteiger charge is 2.33. The Morgan fingerprint density at radius 1 is 1.55 bits per heavy atom. The topological polar surface area (TPSA) is 23.6 Å².